The Balaban J connectivity index is 2.34. The number of nitriles is 3. The average molecular weight is 346 g/mol. The Morgan fingerprint density at radius 2 is 1.54 bits per heavy atom. The number of hydrogen-bond acceptors (Lipinski definition) is 7. The molecule has 0 radical (unpaired) electrons. The summed E-state index contributed by atoms with van der Waals surface area (Å²) >= 11 is 0. The highest BCUT2D eigenvalue weighted by Gasteiger charge is 2.88. The van der Waals surface area contributed by atoms with E-state index in [-0.39, 0.29) is 0 Å². The highest BCUT2D eigenvalue weighted by Crippen LogP contribution is 2.77. The summed E-state index contributed by atoms with van der Waals surface area (Å²) in [5, 5.41) is 32.1. The lowest BCUT2D eigenvalue weighted by atomic mass is 9.86. The molecule has 1 aromatic carbocycles. The summed E-state index contributed by atoms with van der Waals surface area (Å²) in [5.41, 5.74) is 1.32. The number of nitrogens with one attached hydrogen (secondary N) is 2. The molecular formula is C17H10N6O3. The van der Waals surface area contributed by atoms with Crippen LogP contribution in [-0.4, -0.2) is 17.8 Å². The average Bonchev–Trinajstić information content (AvgIpc) is 3.27. The Morgan fingerprint density at radius 3 is 2.00 bits per heavy atom. The third-order valence-electron chi connectivity index (χ3n) is 4.80. The van der Waals surface area contributed by atoms with Gasteiger partial charge in [-0.25, -0.2) is 4.79 Å². The summed E-state index contributed by atoms with van der Waals surface area (Å²) in [6.07, 6.45) is 0. The molecule has 2 aliphatic rings. The summed E-state index contributed by atoms with van der Waals surface area (Å²) in [7, 11) is 0. The molecule has 26 heavy (non-hydrogen) atoms. The fourth-order valence-electron chi connectivity index (χ4n) is 3.70. The molecule has 0 aromatic heterocycles. The van der Waals surface area contributed by atoms with E-state index in [1.807, 2.05) is 16.7 Å². The molecule has 1 spiro atoms. The molecule has 2 fully saturated rings. The third-order valence-corrected chi connectivity index (χ3v) is 4.80. The summed E-state index contributed by atoms with van der Waals surface area (Å²) in [6.45, 7) is 0. The van der Waals surface area contributed by atoms with Crippen molar-refractivity contribution in [3.05, 3.63) is 47.2 Å². The van der Waals surface area contributed by atoms with Crippen LogP contribution in [0, 0.1) is 44.8 Å². The summed E-state index contributed by atoms with van der Waals surface area (Å²) in [4.78, 5) is 36.8. The highest BCUT2D eigenvalue weighted by molar-refractivity contribution is 6.24. The van der Waals surface area contributed by atoms with Crippen molar-refractivity contribution >= 4 is 17.8 Å². The zero-order chi connectivity index (χ0) is 19.1. The maximum atomic E-state index is 12.7. The second-order valence-corrected chi connectivity index (χ2v) is 5.82. The quantitative estimate of drug-likeness (QED) is 0.495. The number of carbonyl (C=O) groups excluding carboxylic acids is 3. The van der Waals surface area contributed by atoms with Crippen LogP contribution >= 0.6 is 0 Å². The molecule has 4 amide bonds. The van der Waals surface area contributed by atoms with Gasteiger partial charge in [-0.1, -0.05) is 30.3 Å². The monoisotopic (exact) mass is 346 g/mol. The lowest BCUT2D eigenvalue weighted by Gasteiger charge is -2.23. The molecule has 1 saturated heterocycles. The Bertz CT molecular complexity index is 972. The molecule has 9 heteroatoms. The largest absolute Gasteiger partial charge is 0.399 e. The number of imide groups is 2. The van der Waals surface area contributed by atoms with Crippen molar-refractivity contribution in [3.63, 3.8) is 0 Å². The van der Waals surface area contributed by atoms with Gasteiger partial charge in [0.25, 0.3) is 0 Å². The van der Waals surface area contributed by atoms with Gasteiger partial charge in [0.15, 0.2) is 5.41 Å². The fourth-order valence-corrected chi connectivity index (χ4v) is 3.70. The summed E-state index contributed by atoms with van der Waals surface area (Å²) in [6, 6.07) is 12.2. The maximum absolute atomic E-state index is 12.7. The number of nitrogens with two attached hydrogens (primary N) is 1. The van der Waals surface area contributed by atoms with Gasteiger partial charge in [0.2, 0.25) is 11.8 Å². The van der Waals surface area contributed by atoms with Gasteiger partial charge in [-0.05, 0) is 5.56 Å². The van der Waals surface area contributed by atoms with E-state index in [1.165, 1.54) is 0 Å². The van der Waals surface area contributed by atoms with E-state index in [9.17, 15) is 19.6 Å². The molecule has 126 valence electrons. The van der Waals surface area contributed by atoms with Crippen molar-refractivity contribution in [1.29, 1.82) is 15.8 Å². The fraction of sp³-hybridized carbons (Fsp3) is 0.176. The zero-order valence-electron chi connectivity index (χ0n) is 13.1. The first kappa shape index (κ1) is 16.7. The van der Waals surface area contributed by atoms with Crippen LogP contribution in [0.1, 0.15) is 11.5 Å². The first-order valence-corrected chi connectivity index (χ1v) is 7.35. The number of carbonyl (C=O) groups is 3. The minimum absolute atomic E-state index is 0.437. The second-order valence-electron chi connectivity index (χ2n) is 5.82. The van der Waals surface area contributed by atoms with Gasteiger partial charge in [-0.3, -0.25) is 20.2 Å². The molecule has 3 rings (SSSR count). The van der Waals surface area contributed by atoms with Crippen LogP contribution in [0.2, 0.25) is 0 Å². The van der Waals surface area contributed by atoms with Gasteiger partial charge in [-0.15, -0.1) is 0 Å². The Kier molecular flexibility index (Phi) is 3.49. The zero-order valence-corrected chi connectivity index (χ0v) is 13.1. The predicted molar refractivity (Wildman–Crippen MR) is 83.8 cm³/mol. The van der Waals surface area contributed by atoms with Crippen molar-refractivity contribution in [2.24, 2.45) is 16.6 Å². The third kappa shape index (κ3) is 1.73. The molecule has 1 saturated carbocycles. The van der Waals surface area contributed by atoms with Crippen LogP contribution in [0.25, 0.3) is 0 Å². The first-order chi connectivity index (χ1) is 12.4. The molecule has 4 N–H and O–H groups in total. The van der Waals surface area contributed by atoms with E-state index in [4.69, 9.17) is 16.3 Å². The molecule has 1 aromatic rings. The van der Waals surface area contributed by atoms with Gasteiger partial charge in [-0.2, -0.15) is 15.8 Å². The van der Waals surface area contributed by atoms with E-state index in [0.29, 0.717) is 5.56 Å². The van der Waals surface area contributed by atoms with Gasteiger partial charge in [0.1, 0.15) is 23.1 Å². The van der Waals surface area contributed by atoms with E-state index in [1.54, 1.807) is 42.5 Å². The highest BCUT2D eigenvalue weighted by atomic mass is 16.2. The standard InChI is InChI=1S/C17H10N6O3/c18-6-10(7-19)12(21)16(8-20)11(9-4-2-1-3-5-9)17(16)13(24)22-15(26)23-14(17)25/h1-5,11H,21H2,(H2,22,23,24,25,26)/t11-,16+/m1/s1. The van der Waals surface area contributed by atoms with Crippen LogP contribution in [0.3, 0.4) is 0 Å². The van der Waals surface area contributed by atoms with Crippen molar-refractivity contribution in [2.45, 2.75) is 5.92 Å². The van der Waals surface area contributed by atoms with Gasteiger partial charge in [0.05, 0.1) is 11.8 Å². The van der Waals surface area contributed by atoms with E-state index in [2.05, 4.69) is 0 Å². The minimum Gasteiger partial charge on any atom is -0.399 e. The van der Waals surface area contributed by atoms with Crippen LogP contribution < -0.4 is 16.4 Å². The van der Waals surface area contributed by atoms with Gasteiger partial charge < -0.3 is 5.73 Å². The number of rotatable bonds is 2. The summed E-state index contributed by atoms with van der Waals surface area (Å²) in [5.74, 6) is -3.06. The molecular weight excluding hydrogens is 336 g/mol. The van der Waals surface area contributed by atoms with E-state index >= 15 is 0 Å². The van der Waals surface area contributed by atoms with Crippen molar-refractivity contribution in [1.82, 2.24) is 10.6 Å². The number of benzene rings is 1. The van der Waals surface area contributed by atoms with Crippen molar-refractivity contribution in [3.8, 4) is 18.2 Å². The number of allylic oxidation sites excluding steroid dienone is 2. The SMILES string of the molecule is N#CC(C#N)=C(N)[C@]1(C#N)[C@@H](c2ccccc2)C12C(=O)NC(=O)NC2=O. The number of amides is 4. The molecule has 1 aliphatic heterocycles. The second kappa shape index (κ2) is 5.44. The lowest BCUT2D eigenvalue weighted by Crippen LogP contribution is -2.59. The normalized spacial score (nSPS) is 25.1. The first-order valence-electron chi connectivity index (χ1n) is 7.35. The molecule has 2 atom stereocenters. The topological polar surface area (TPSA) is 173 Å². The van der Waals surface area contributed by atoms with Crippen LogP contribution in [-0.2, 0) is 9.59 Å². The van der Waals surface area contributed by atoms with Crippen LogP contribution in [0.15, 0.2) is 41.6 Å². The molecule has 1 heterocycles. The maximum Gasteiger partial charge on any atom is 0.328 e. The lowest BCUT2D eigenvalue weighted by molar-refractivity contribution is -0.139. The molecule has 1 aliphatic carbocycles. The minimum atomic E-state index is -2.06. The van der Waals surface area contributed by atoms with Crippen molar-refractivity contribution in [2.75, 3.05) is 0 Å². The smallest absolute Gasteiger partial charge is 0.328 e. The molecule has 0 unspecified atom stereocenters. The van der Waals surface area contributed by atoms with Gasteiger partial charge >= 0.3 is 6.03 Å². The van der Waals surface area contributed by atoms with E-state index in [0.717, 1.165) is 0 Å². The van der Waals surface area contributed by atoms with Gasteiger partial charge in [0, 0.05) is 5.92 Å². The van der Waals surface area contributed by atoms with Crippen LogP contribution in [0.5, 0.6) is 0 Å². The molecule has 9 nitrogen and oxygen atoms in total. The number of barbiturate groups is 1. The summed E-state index contributed by atoms with van der Waals surface area (Å²) < 4.78 is 0. The Labute approximate surface area is 147 Å². The Hall–Kier alpha value is -4.16. The molecule has 0 bridgehead atoms. The number of nitrogens with zero attached hydrogens (tertiary/aromatic N) is 3. The Morgan fingerprint density at radius 1 is 1.00 bits per heavy atom. The van der Waals surface area contributed by atoms with E-state index < -0.39 is 45.9 Å². The number of urea groups is 1. The van der Waals surface area contributed by atoms with Crippen LogP contribution in [0.4, 0.5) is 4.79 Å². The predicted octanol–water partition coefficient (Wildman–Crippen LogP) is -0.0939. The van der Waals surface area contributed by atoms with Crippen molar-refractivity contribution < 1.29 is 14.4 Å². The number of hydrogen-bond donors (Lipinski definition) is 3.